The molecule has 1 aromatic rings. The van der Waals surface area contributed by atoms with E-state index in [1.807, 2.05) is 0 Å². The average Bonchev–Trinajstić information content (AvgIpc) is 2.90. The quantitative estimate of drug-likeness (QED) is 0.152. The third-order valence-corrected chi connectivity index (χ3v) is 4.72. The molecule has 19 heteroatoms. The van der Waals surface area contributed by atoms with Gasteiger partial charge in [-0.15, -0.1) is 0 Å². The van der Waals surface area contributed by atoms with E-state index in [0.717, 1.165) is 6.08 Å². The number of hydrogen-bond donors (Lipinski definition) is 6. The molecule has 0 saturated carbocycles. The number of nitrogens with two attached hydrogens (primary N) is 1. The molecule has 2 rings (SSSR count). The predicted octanol–water partition coefficient (Wildman–Crippen LogP) is 1.69. The Hall–Kier alpha value is -4.68. The molecule has 0 aromatic heterocycles. The number of carboxylic acid groups (broad SMARTS) is 2. The van der Waals surface area contributed by atoms with Crippen LogP contribution in [-0.4, -0.2) is 89.2 Å². The van der Waals surface area contributed by atoms with Gasteiger partial charge in [-0.05, 0) is 37.9 Å². The summed E-state index contributed by atoms with van der Waals surface area (Å²) >= 11 is 0. The number of benzene rings is 1. The number of aromatic hydroxyl groups is 1. The number of Topliss-reactive ketones (excluding diaryl/α,β-unsaturated/α-hetero) is 1. The highest BCUT2D eigenvalue weighted by molar-refractivity contribution is 6.24. The number of nitrogens with one attached hydrogen (secondary N) is 2. The molecule has 1 aliphatic rings. The van der Waals surface area contributed by atoms with Gasteiger partial charge in [-0.3, -0.25) is 19.2 Å². The van der Waals surface area contributed by atoms with Gasteiger partial charge in [-0.1, -0.05) is 6.07 Å². The van der Waals surface area contributed by atoms with Gasteiger partial charge in [0.1, 0.15) is 5.75 Å². The normalized spacial score (nSPS) is 12.3. The van der Waals surface area contributed by atoms with Crippen LogP contribution in [0.25, 0.3) is 0 Å². The lowest BCUT2D eigenvalue weighted by molar-refractivity contribution is -0.193. The van der Waals surface area contributed by atoms with Gasteiger partial charge >= 0.3 is 24.3 Å². The van der Waals surface area contributed by atoms with Crippen LogP contribution in [0.5, 0.6) is 5.75 Å². The molecular weight excluding hydrogens is 604 g/mol. The zero-order valence-electron chi connectivity index (χ0n) is 22.0. The van der Waals surface area contributed by atoms with Crippen LogP contribution in [0, 0.1) is 0 Å². The number of unbranched alkanes of at least 4 members (excludes halogenated alkanes) is 1. The second-order valence-corrected chi connectivity index (χ2v) is 8.10. The summed E-state index contributed by atoms with van der Waals surface area (Å²) in [4.78, 5) is 65.5. The first-order valence-corrected chi connectivity index (χ1v) is 11.9. The highest BCUT2D eigenvalue weighted by Crippen LogP contribution is 2.28. The molecule has 0 heterocycles. The minimum absolute atomic E-state index is 0.0391. The van der Waals surface area contributed by atoms with Gasteiger partial charge in [-0.2, -0.15) is 26.3 Å². The van der Waals surface area contributed by atoms with Crippen molar-refractivity contribution in [1.82, 2.24) is 10.6 Å². The van der Waals surface area contributed by atoms with E-state index in [4.69, 9.17) is 30.3 Å². The molecule has 0 bridgehead atoms. The second-order valence-electron chi connectivity index (χ2n) is 8.10. The minimum atomic E-state index is -5.08. The third-order valence-electron chi connectivity index (χ3n) is 4.72. The first kappa shape index (κ1) is 38.3. The molecule has 2 amide bonds. The fourth-order valence-electron chi connectivity index (χ4n) is 2.74. The molecule has 240 valence electrons. The fourth-order valence-corrected chi connectivity index (χ4v) is 2.74. The van der Waals surface area contributed by atoms with Crippen molar-refractivity contribution in [2.75, 3.05) is 26.2 Å². The predicted molar refractivity (Wildman–Crippen MR) is 132 cm³/mol. The van der Waals surface area contributed by atoms with Gasteiger partial charge in [0.2, 0.25) is 11.7 Å². The number of halogens is 6. The van der Waals surface area contributed by atoms with Crippen LogP contribution < -0.4 is 16.4 Å². The molecule has 0 atom stereocenters. The maximum Gasteiger partial charge on any atom is 0.490 e. The number of alkyl halides is 6. The first-order chi connectivity index (χ1) is 19.8. The third kappa shape index (κ3) is 15.2. The Morgan fingerprint density at radius 1 is 0.837 bits per heavy atom. The molecule has 0 radical (unpaired) electrons. The number of hydrogen-bond acceptors (Lipinski definition) is 9. The Balaban J connectivity index is 0.00000104. The van der Waals surface area contributed by atoms with Gasteiger partial charge in [-0.25, -0.2) is 9.59 Å². The van der Waals surface area contributed by atoms with Gasteiger partial charge in [0.15, 0.2) is 18.1 Å². The Bertz CT molecular complexity index is 1180. The van der Waals surface area contributed by atoms with E-state index in [1.54, 1.807) is 0 Å². The van der Waals surface area contributed by atoms with Crippen molar-refractivity contribution in [3.8, 4) is 5.75 Å². The minimum Gasteiger partial charge on any atom is -0.507 e. The summed E-state index contributed by atoms with van der Waals surface area (Å²) in [5, 5.41) is 29.4. The van der Waals surface area contributed by atoms with E-state index in [2.05, 4.69) is 10.6 Å². The molecule has 13 nitrogen and oxygen atoms in total. The van der Waals surface area contributed by atoms with E-state index < -0.39 is 48.4 Å². The molecule has 1 aliphatic carbocycles. The van der Waals surface area contributed by atoms with E-state index in [9.17, 15) is 50.6 Å². The molecule has 1 aromatic carbocycles. The van der Waals surface area contributed by atoms with Gasteiger partial charge in [0, 0.05) is 31.1 Å². The largest absolute Gasteiger partial charge is 0.507 e. The van der Waals surface area contributed by atoms with E-state index >= 15 is 0 Å². The lowest BCUT2D eigenvalue weighted by Gasteiger charge is -2.16. The van der Waals surface area contributed by atoms with E-state index in [0.29, 0.717) is 45.3 Å². The molecule has 0 fully saturated rings. The van der Waals surface area contributed by atoms with E-state index in [1.165, 1.54) is 18.2 Å². The monoisotopic (exact) mass is 631 g/mol. The summed E-state index contributed by atoms with van der Waals surface area (Å²) in [5.41, 5.74) is 5.31. The van der Waals surface area contributed by atoms with Crippen molar-refractivity contribution in [3.63, 3.8) is 0 Å². The van der Waals surface area contributed by atoms with Crippen molar-refractivity contribution in [2.24, 2.45) is 5.73 Å². The van der Waals surface area contributed by atoms with Crippen molar-refractivity contribution in [3.05, 3.63) is 41.2 Å². The van der Waals surface area contributed by atoms with Gasteiger partial charge in [0.05, 0.1) is 5.56 Å². The lowest BCUT2D eigenvalue weighted by Crippen LogP contribution is -2.30. The maximum atomic E-state index is 12.4. The Labute approximate surface area is 238 Å². The number of aliphatic carboxylic acids is 2. The number of rotatable bonds is 11. The van der Waals surface area contributed by atoms with Crippen LogP contribution in [0.1, 0.15) is 46.4 Å². The van der Waals surface area contributed by atoms with Crippen LogP contribution in [0.2, 0.25) is 0 Å². The number of carboxylic acids is 2. The van der Waals surface area contributed by atoms with Crippen LogP contribution in [-0.2, 0) is 23.9 Å². The molecular formula is C24H27F6N3O10. The molecule has 43 heavy (non-hydrogen) atoms. The highest BCUT2D eigenvalue weighted by Gasteiger charge is 2.39. The smallest absolute Gasteiger partial charge is 0.490 e. The van der Waals surface area contributed by atoms with Crippen LogP contribution in [0.4, 0.5) is 26.3 Å². The van der Waals surface area contributed by atoms with Gasteiger partial charge < -0.3 is 36.4 Å². The Morgan fingerprint density at radius 2 is 1.33 bits per heavy atom. The summed E-state index contributed by atoms with van der Waals surface area (Å²) in [6.45, 7) is 0.983. The number of ketones is 2. The van der Waals surface area contributed by atoms with Gasteiger partial charge in [0.25, 0.3) is 5.91 Å². The SMILES string of the molecule is NCCCC(=O)NCCCCNC(=O)COC1=CC(=O)c2c(O)cccc2C1=O.O=C(O)C(F)(F)F.O=C(O)C(F)(F)F. The first-order valence-electron chi connectivity index (χ1n) is 11.9. The number of amides is 2. The van der Waals surface area contributed by atoms with Crippen LogP contribution in [0.3, 0.4) is 0 Å². The summed E-state index contributed by atoms with van der Waals surface area (Å²) in [6.07, 6.45) is -6.76. The standard InChI is InChI=1S/C20H25N3O6.2C2HF3O2/c21-8-4-7-17(26)22-9-1-2-10-23-18(27)12-29-16-11-15(25)19-13(20(16)28)5-3-6-14(19)24;2*3-2(4,5)1(6)7/h3,5-6,11,24H,1-2,4,7-10,12,21H2,(H,22,26)(H,23,27);2*(H,6,7). The number of fused-ring (bicyclic) bond motifs is 1. The lowest BCUT2D eigenvalue weighted by atomic mass is 9.93. The number of carbonyl (C=O) groups excluding carboxylic acids is 4. The molecule has 0 aliphatic heterocycles. The fraction of sp³-hybridized carbons (Fsp3) is 0.417. The number of allylic oxidation sites excluding steroid dienone is 2. The Morgan fingerprint density at radius 3 is 1.79 bits per heavy atom. The zero-order valence-corrected chi connectivity index (χ0v) is 22.0. The number of ether oxygens (including phenoxy) is 1. The van der Waals surface area contributed by atoms with Crippen molar-refractivity contribution in [2.45, 2.75) is 38.0 Å². The van der Waals surface area contributed by atoms with Crippen molar-refractivity contribution >= 4 is 35.3 Å². The summed E-state index contributed by atoms with van der Waals surface area (Å²) < 4.78 is 68.7. The Kier molecular flexibility index (Phi) is 16.0. The summed E-state index contributed by atoms with van der Waals surface area (Å²) in [6, 6.07) is 4.19. The van der Waals surface area contributed by atoms with E-state index in [-0.39, 0.29) is 28.5 Å². The highest BCUT2D eigenvalue weighted by atomic mass is 19.4. The summed E-state index contributed by atoms with van der Waals surface area (Å²) in [7, 11) is 0. The number of phenols is 1. The molecule has 0 unspecified atom stereocenters. The van der Waals surface area contributed by atoms with Crippen LogP contribution >= 0.6 is 0 Å². The number of phenolic OH excluding ortho intramolecular Hbond substituents is 1. The zero-order chi connectivity index (χ0) is 33.4. The number of carbonyl (C=O) groups is 6. The molecule has 7 N–H and O–H groups in total. The summed E-state index contributed by atoms with van der Waals surface area (Å²) in [5.74, 6) is -7.61. The van der Waals surface area contributed by atoms with Crippen LogP contribution in [0.15, 0.2) is 30.0 Å². The second kappa shape index (κ2) is 18.0. The average molecular weight is 631 g/mol. The van der Waals surface area contributed by atoms with Crippen molar-refractivity contribution < 1.29 is 75.2 Å². The molecule has 0 spiro atoms. The maximum absolute atomic E-state index is 12.4. The topological polar surface area (TPSA) is 222 Å². The molecule has 0 saturated heterocycles. The van der Waals surface area contributed by atoms with Crippen molar-refractivity contribution in [1.29, 1.82) is 0 Å².